The molecule has 0 bridgehead atoms. The van der Waals surface area contributed by atoms with Gasteiger partial charge in [-0.05, 0) is 19.1 Å². The van der Waals surface area contributed by atoms with Crippen molar-refractivity contribution in [3.63, 3.8) is 0 Å². The molecule has 9 heteroatoms. The zero-order chi connectivity index (χ0) is 15.5. The Kier molecular flexibility index (Phi) is 5.79. The van der Waals surface area contributed by atoms with Gasteiger partial charge in [0, 0.05) is 13.2 Å². The molecular weight excluding hydrogens is 327 g/mol. The largest absolute Gasteiger partial charge is 0.383 e. The summed E-state index contributed by atoms with van der Waals surface area (Å²) in [6, 6.07) is 1.95. The third-order valence-electron chi connectivity index (χ3n) is 2.37. The van der Waals surface area contributed by atoms with E-state index in [-0.39, 0.29) is 26.5 Å². The molecule has 1 atom stereocenters. The molecule has 0 aromatic heterocycles. The van der Waals surface area contributed by atoms with Crippen LogP contribution in [0.1, 0.15) is 17.3 Å². The third kappa shape index (κ3) is 4.32. The number of halogens is 2. The summed E-state index contributed by atoms with van der Waals surface area (Å²) in [6.45, 7) is 2.03. The molecule has 0 fully saturated rings. The van der Waals surface area contributed by atoms with Gasteiger partial charge in [-0.2, -0.15) is 0 Å². The highest BCUT2D eigenvalue weighted by molar-refractivity contribution is 7.89. The fourth-order valence-corrected chi connectivity index (χ4v) is 2.92. The van der Waals surface area contributed by atoms with Gasteiger partial charge < -0.3 is 10.1 Å². The van der Waals surface area contributed by atoms with E-state index in [2.05, 4.69) is 5.32 Å². The molecule has 0 spiro atoms. The van der Waals surface area contributed by atoms with Gasteiger partial charge in [0.15, 0.2) is 0 Å². The van der Waals surface area contributed by atoms with Crippen LogP contribution >= 0.6 is 23.2 Å². The second kappa shape index (κ2) is 6.73. The van der Waals surface area contributed by atoms with E-state index in [0.717, 1.165) is 6.07 Å². The van der Waals surface area contributed by atoms with E-state index in [4.69, 9.17) is 33.1 Å². The fourth-order valence-electron chi connectivity index (χ4n) is 1.51. The quantitative estimate of drug-likeness (QED) is 0.846. The predicted molar refractivity (Wildman–Crippen MR) is 76.6 cm³/mol. The number of carbonyl (C=O) groups is 1. The Labute approximate surface area is 127 Å². The Morgan fingerprint density at radius 2 is 2.00 bits per heavy atom. The van der Waals surface area contributed by atoms with Crippen molar-refractivity contribution >= 4 is 39.1 Å². The molecule has 0 saturated heterocycles. The molecular formula is C11H14Cl2N2O4S. The van der Waals surface area contributed by atoms with Crippen molar-refractivity contribution in [1.82, 2.24) is 5.32 Å². The molecule has 1 aromatic carbocycles. The summed E-state index contributed by atoms with van der Waals surface area (Å²) >= 11 is 11.6. The van der Waals surface area contributed by atoms with E-state index in [0.29, 0.717) is 6.61 Å². The Morgan fingerprint density at radius 1 is 1.40 bits per heavy atom. The van der Waals surface area contributed by atoms with Crippen LogP contribution in [0, 0.1) is 0 Å². The van der Waals surface area contributed by atoms with Gasteiger partial charge in [-0.25, -0.2) is 13.6 Å². The highest BCUT2D eigenvalue weighted by Gasteiger charge is 2.20. The summed E-state index contributed by atoms with van der Waals surface area (Å²) in [5.74, 6) is -0.541. The van der Waals surface area contributed by atoms with Crippen LogP contribution in [0.25, 0.3) is 0 Å². The summed E-state index contributed by atoms with van der Waals surface area (Å²) in [7, 11) is -2.54. The van der Waals surface area contributed by atoms with E-state index in [1.165, 1.54) is 13.2 Å². The van der Waals surface area contributed by atoms with Gasteiger partial charge in [0.05, 0.1) is 22.2 Å². The normalized spacial score (nSPS) is 13.1. The van der Waals surface area contributed by atoms with Gasteiger partial charge in [0.25, 0.3) is 5.91 Å². The molecule has 0 heterocycles. The molecule has 0 aliphatic heterocycles. The first-order valence-corrected chi connectivity index (χ1v) is 7.78. The lowest BCUT2D eigenvalue weighted by atomic mass is 10.2. The molecule has 112 valence electrons. The standard InChI is InChI=1S/C11H14Cl2N2O4S/c1-6(5-19-2)15-11(16)7-3-10(20(14,17)18)9(13)4-8(7)12/h3-4,6H,5H2,1-2H3,(H,15,16)(H2,14,17,18). The number of amides is 1. The number of ether oxygens (including phenoxy) is 1. The molecule has 0 aliphatic carbocycles. The molecule has 1 amide bonds. The van der Waals surface area contributed by atoms with Gasteiger partial charge in [-0.15, -0.1) is 0 Å². The van der Waals surface area contributed by atoms with Crippen LogP contribution in [0.3, 0.4) is 0 Å². The number of primary sulfonamides is 1. The van der Waals surface area contributed by atoms with Gasteiger partial charge >= 0.3 is 0 Å². The van der Waals surface area contributed by atoms with E-state index in [1.807, 2.05) is 0 Å². The Hall–Kier alpha value is -0.860. The lowest BCUT2D eigenvalue weighted by Gasteiger charge is -2.14. The predicted octanol–water partition coefficient (Wildman–Crippen LogP) is 1.41. The second-order valence-corrected chi connectivity index (χ2v) is 6.48. The SMILES string of the molecule is COCC(C)NC(=O)c1cc(S(N)(=O)=O)c(Cl)cc1Cl. The van der Waals surface area contributed by atoms with Gasteiger partial charge in [0.1, 0.15) is 4.90 Å². The fraction of sp³-hybridized carbons (Fsp3) is 0.364. The van der Waals surface area contributed by atoms with Crippen LogP contribution < -0.4 is 10.5 Å². The molecule has 20 heavy (non-hydrogen) atoms. The highest BCUT2D eigenvalue weighted by Crippen LogP contribution is 2.28. The maximum Gasteiger partial charge on any atom is 0.253 e. The third-order valence-corrected chi connectivity index (χ3v) is 4.06. The second-order valence-electron chi connectivity index (χ2n) is 4.14. The average molecular weight is 341 g/mol. The summed E-state index contributed by atoms with van der Waals surface area (Å²) in [5, 5.41) is 7.52. The minimum atomic E-state index is -4.04. The molecule has 1 rings (SSSR count). The van der Waals surface area contributed by atoms with Crippen LogP contribution in [0.4, 0.5) is 0 Å². The number of hydrogen-bond acceptors (Lipinski definition) is 4. The number of hydrogen-bond donors (Lipinski definition) is 2. The number of rotatable bonds is 5. The van der Waals surface area contributed by atoms with E-state index >= 15 is 0 Å². The molecule has 0 saturated carbocycles. The number of methoxy groups -OCH3 is 1. The van der Waals surface area contributed by atoms with Crippen molar-refractivity contribution in [1.29, 1.82) is 0 Å². The molecule has 0 aliphatic rings. The first-order chi connectivity index (χ1) is 9.16. The van der Waals surface area contributed by atoms with Crippen molar-refractivity contribution < 1.29 is 17.9 Å². The van der Waals surface area contributed by atoms with Crippen LogP contribution in [0.2, 0.25) is 10.0 Å². The minimum Gasteiger partial charge on any atom is -0.383 e. The number of nitrogens with two attached hydrogens (primary N) is 1. The molecule has 0 radical (unpaired) electrons. The summed E-state index contributed by atoms with van der Waals surface area (Å²) in [4.78, 5) is 11.7. The van der Waals surface area contributed by atoms with Crippen molar-refractivity contribution in [3.8, 4) is 0 Å². The maximum atomic E-state index is 12.0. The van der Waals surface area contributed by atoms with Crippen LogP contribution in [0.5, 0.6) is 0 Å². The molecule has 1 unspecified atom stereocenters. The lowest BCUT2D eigenvalue weighted by molar-refractivity contribution is 0.0905. The molecule has 1 aromatic rings. The average Bonchev–Trinajstić information content (AvgIpc) is 2.26. The topological polar surface area (TPSA) is 98.5 Å². The van der Waals surface area contributed by atoms with Crippen molar-refractivity contribution in [2.24, 2.45) is 5.14 Å². The van der Waals surface area contributed by atoms with Crippen LogP contribution in [-0.2, 0) is 14.8 Å². The zero-order valence-corrected chi connectivity index (χ0v) is 13.1. The zero-order valence-electron chi connectivity index (χ0n) is 10.8. The number of carbonyl (C=O) groups excluding carboxylic acids is 1. The summed E-state index contributed by atoms with van der Waals surface area (Å²) in [5.41, 5.74) is -0.0250. The Balaban J connectivity index is 3.16. The van der Waals surface area contributed by atoms with Gasteiger partial charge in [-0.1, -0.05) is 23.2 Å². The van der Waals surface area contributed by atoms with Gasteiger partial charge in [-0.3, -0.25) is 4.79 Å². The van der Waals surface area contributed by atoms with E-state index < -0.39 is 15.9 Å². The first kappa shape index (κ1) is 17.2. The van der Waals surface area contributed by atoms with E-state index in [9.17, 15) is 13.2 Å². The van der Waals surface area contributed by atoms with E-state index in [1.54, 1.807) is 6.92 Å². The summed E-state index contributed by atoms with van der Waals surface area (Å²) < 4.78 is 27.6. The number of sulfonamides is 1. The number of benzene rings is 1. The molecule has 3 N–H and O–H groups in total. The Bertz CT molecular complexity index is 619. The van der Waals surface area contributed by atoms with Crippen LogP contribution in [-0.4, -0.2) is 34.1 Å². The molecule has 6 nitrogen and oxygen atoms in total. The smallest absolute Gasteiger partial charge is 0.253 e. The van der Waals surface area contributed by atoms with Gasteiger partial charge in [0.2, 0.25) is 10.0 Å². The number of nitrogens with one attached hydrogen (secondary N) is 1. The van der Waals surface area contributed by atoms with Crippen LogP contribution in [0.15, 0.2) is 17.0 Å². The van der Waals surface area contributed by atoms with Crippen molar-refractivity contribution in [3.05, 3.63) is 27.7 Å². The Morgan fingerprint density at radius 3 is 2.50 bits per heavy atom. The lowest BCUT2D eigenvalue weighted by Crippen LogP contribution is -2.35. The maximum absolute atomic E-state index is 12.0. The highest BCUT2D eigenvalue weighted by atomic mass is 35.5. The summed E-state index contributed by atoms with van der Waals surface area (Å²) in [6.07, 6.45) is 0. The van der Waals surface area contributed by atoms with Crippen molar-refractivity contribution in [2.45, 2.75) is 17.9 Å². The monoisotopic (exact) mass is 340 g/mol. The first-order valence-electron chi connectivity index (χ1n) is 5.48. The van der Waals surface area contributed by atoms with Crippen molar-refractivity contribution in [2.75, 3.05) is 13.7 Å². The minimum absolute atomic E-state index is 0.0250.